The number of methoxy groups -OCH3 is 1. The van der Waals surface area contributed by atoms with Crippen molar-refractivity contribution in [3.8, 4) is 11.5 Å². The molecule has 0 saturated carbocycles. The number of aliphatic hydroxyl groups is 1. The highest BCUT2D eigenvalue weighted by atomic mass is 19.1. The van der Waals surface area contributed by atoms with E-state index in [0.717, 1.165) is 5.56 Å². The van der Waals surface area contributed by atoms with Crippen molar-refractivity contribution in [3.63, 3.8) is 0 Å². The average Bonchev–Trinajstić information content (AvgIpc) is 2.98. The second-order valence-electron chi connectivity index (χ2n) is 6.64. The molecule has 0 aromatic heterocycles. The number of halogens is 1. The van der Waals surface area contributed by atoms with Gasteiger partial charge in [0, 0.05) is 6.07 Å². The van der Waals surface area contributed by atoms with Crippen LogP contribution in [0.1, 0.15) is 18.9 Å². The number of rotatable bonds is 6. The van der Waals surface area contributed by atoms with Gasteiger partial charge < -0.3 is 19.9 Å². The quantitative estimate of drug-likeness (QED) is 0.724. The van der Waals surface area contributed by atoms with E-state index >= 15 is 0 Å². The molecule has 1 fully saturated rings. The van der Waals surface area contributed by atoms with Crippen molar-refractivity contribution >= 4 is 11.6 Å². The zero-order chi connectivity index (χ0) is 19.4. The van der Waals surface area contributed by atoms with Gasteiger partial charge in [-0.25, -0.2) is 4.39 Å². The summed E-state index contributed by atoms with van der Waals surface area (Å²) >= 11 is 0. The van der Waals surface area contributed by atoms with Crippen molar-refractivity contribution in [2.75, 3.05) is 12.4 Å². The number of carbonyl (C=O) groups is 1. The molecular weight excluding hydrogens is 351 g/mol. The zero-order valence-electron chi connectivity index (χ0n) is 15.2. The number of nitrogens with one attached hydrogen (secondary N) is 2. The molecule has 0 bridgehead atoms. The Morgan fingerprint density at radius 2 is 2.15 bits per heavy atom. The van der Waals surface area contributed by atoms with Crippen LogP contribution in [0.3, 0.4) is 0 Å². The highest BCUT2D eigenvalue weighted by molar-refractivity contribution is 5.96. The van der Waals surface area contributed by atoms with Crippen LogP contribution in [0.4, 0.5) is 10.1 Å². The second-order valence-corrected chi connectivity index (χ2v) is 6.64. The molecule has 27 heavy (non-hydrogen) atoms. The van der Waals surface area contributed by atoms with Gasteiger partial charge in [-0.2, -0.15) is 0 Å². The first kappa shape index (κ1) is 19.1. The third-order valence-electron chi connectivity index (χ3n) is 4.54. The molecule has 3 N–H and O–H groups in total. The van der Waals surface area contributed by atoms with Gasteiger partial charge in [-0.1, -0.05) is 19.1 Å². The molecule has 0 spiro atoms. The first-order chi connectivity index (χ1) is 13.0. The summed E-state index contributed by atoms with van der Waals surface area (Å²) < 4.78 is 24.2. The van der Waals surface area contributed by atoms with Crippen LogP contribution in [0, 0.1) is 11.7 Å². The van der Waals surface area contributed by atoms with Crippen molar-refractivity contribution in [2.24, 2.45) is 5.92 Å². The monoisotopic (exact) mass is 374 g/mol. The van der Waals surface area contributed by atoms with Gasteiger partial charge in [0.2, 0.25) is 5.91 Å². The molecule has 144 valence electrons. The van der Waals surface area contributed by atoms with E-state index < -0.39 is 12.3 Å². The topological polar surface area (TPSA) is 79.8 Å². The Bertz CT molecular complexity index is 814. The third kappa shape index (κ3) is 4.75. The number of ether oxygens (including phenoxy) is 2. The van der Waals surface area contributed by atoms with Gasteiger partial charge in [0.15, 0.2) is 0 Å². The maximum Gasteiger partial charge on any atom is 0.241 e. The molecule has 0 radical (unpaired) electrons. The summed E-state index contributed by atoms with van der Waals surface area (Å²) in [6.07, 6.45) is -0.153. The highest BCUT2D eigenvalue weighted by Crippen LogP contribution is 2.28. The lowest BCUT2D eigenvalue weighted by Gasteiger charge is -2.18. The standard InChI is InChI=1S/C20H23FN2O4/c1-12-8-18(24)23-19(12)20(25)22-16-9-13(6-7-17(16)26-2)11-27-15-5-3-4-14(21)10-15/h3-7,9-10,12,18-19,23-24H,8,11H2,1-2H3,(H,22,25)/t12-,18?,19+/m1/s1. The van der Waals surface area contributed by atoms with E-state index in [1.165, 1.54) is 19.2 Å². The van der Waals surface area contributed by atoms with Crippen LogP contribution in [0.15, 0.2) is 42.5 Å². The lowest BCUT2D eigenvalue weighted by atomic mass is 10.0. The van der Waals surface area contributed by atoms with Crippen LogP contribution in [-0.2, 0) is 11.4 Å². The molecule has 1 saturated heterocycles. The fraction of sp³-hybridized carbons (Fsp3) is 0.350. The van der Waals surface area contributed by atoms with Crippen molar-refractivity contribution in [3.05, 3.63) is 53.8 Å². The molecule has 1 unspecified atom stereocenters. The van der Waals surface area contributed by atoms with Crippen LogP contribution in [0.25, 0.3) is 0 Å². The van der Waals surface area contributed by atoms with Gasteiger partial charge >= 0.3 is 0 Å². The lowest BCUT2D eigenvalue weighted by Crippen LogP contribution is -2.41. The van der Waals surface area contributed by atoms with E-state index in [1.54, 1.807) is 24.3 Å². The summed E-state index contributed by atoms with van der Waals surface area (Å²) in [5.74, 6) is 0.361. The van der Waals surface area contributed by atoms with Crippen LogP contribution < -0.4 is 20.1 Å². The van der Waals surface area contributed by atoms with Gasteiger partial charge in [0.05, 0.1) is 18.8 Å². The molecule has 3 rings (SSSR count). The second kappa shape index (κ2) is 8.37. The number of carbonyl (C=O) groups excluding carboxylic acids is 1. The molecule has 2 aromatic rings. The van der Waals surface area contributed by atoms with E-state index in [0.29, 0.717) is 23.6 Å². The van der Waals surface area contributed by atoms with Gasteiger partial charge in [-0.3, -0.25) is 10.1 Å². The number of amides is 1. The Morgan fingerprint density at radius 3 is 2.81 bits per heavy atom. The first-order valence-electron chi connectivity index (χ1n) is 8.76. The minimum Gasteiger partial charge on any atom is -0.495 e. The van der Waals surface area contributed by atoms with Crippen molar-refractivity contribution in [1.29, 1.82) is 0 Å². The molecule has 6 nitrogen and oxygen atoms in total. The van der Waals surface area contributed by atoms with E-state index in [4.69, 9.17) is 9.47 Å². The predicted octanol–water partition coefficient (Wildman–Crippen LogP) is 2.67. The SMILES string of the molecule is COc1ccc(COc2cccc(F)c2)cc1NC(=O)[C@H]1NC(O)C[C@H]1C. The van der Waals surface area contributed by atoms with E-state index in [-0.39, 0.29) is 24.2 Å². The molecule has 3 atom stereocenters. The molecule has 1 amide bonds. The third-order valence-corrected chi connectivity index (χ3v) is 4.54. The summed E-state index contributed by atoms with van der Waals surface area (Å²) in [5, 5.41) is 15.4. The largest absolute Gasteiger partial charge is 0.495 e. The average molecular weight is 374 g/mol. The Morgan fingerprint density at radius 1 is 1.33 bits per heavy atom. The number of hydrogen-bond donors (Lipinski definition) is 3. The molecule has 1 aliphatic heterocycles. The van der Waals surface area contributed by atoms with Crippen molar-refractivity contribution in [1.82, 2.24) is 5.32 Å². The van der Waals surface area contributed by atoms with Crippen molar-refractivity contribution in [2.45, 2.75) is 32.2 Å². The number of anilines is 1. The number of aliphatic hydroxyl groups excluding tert-OH is 1. The summed E-state index contributed by atoms with van der Waals surface area (Å²) in [6.45, 7) is 2.13. The minimum absolute atomic E-state index is 0.0190. The molecule has 1 heterocycles. The summed E-state index contributed by atoms with van der Waals surface area (Å²) in [6, 6.07) is 10.7. The van der Waals surface area contributed by atoms with Gasteiger partial charge in [0.25, 0.3) is 0 Å². The Hall–Kier alpha value is -2.64. The minimum atomic E-state index is -0.677. The number of hydrogen-bond acceptors (Lipinski definition) is 5. The zero-order valence-corrected chi connectivity index (χ0v) is 15.2. The van der Waals surface area contributed by atoms with Crippen molar-refractivity contribution < 1.29 is 23.8 Å². The Kier molecular flexibility index (Phi) is 5.93. The normalized spacial score (nSPS) is 21.7. The lowest BCUT2D eigenvalue weighted by molar-refractivity contribution is -0.118. The van der Waals surface area contributed by atoms with Crippen LogP contribution >= 0.6 is 0 Å². The summed E-state index contributed by atoms with van der Waals surface area (Å²) in [4.78, 5) is 12.6. The Balaban J connectivity index is 1.70. The fourth-order valence-electron chi connectivity index (χ4n) is 3.14. The van der Waals surface area contributed by atoms with E-state index in [9.17, 15) is 14.3 Å². The molecule has 2 aromatic carbocycles. The summed E-state index contributed by atoms with van der Waals surface area (Å²) in [7, 11) is 1.52. The molecular formula is C20H23FN2O4. The molecule has 7 heteroatoms. The molecule has 0 aliphatic carbocycles. The summed E-state index contributed by atoms with van der Waals surface area (Å²) in [5.41, 5.74) is 1.31. The van der Waals surface area contributed by atoms with E-state index in [1.807, 2.05) is 13.0 Å². The highest BCUT2D eigenvalue weighted by Gasteiger charge is 2.34. The fourth-order valence-corrected chi connectivity index (χ4v) is 3.14. The van der Waals surface area contributed by atoms with Gasteiger partial charge in [0.1, 0.15) is 30.2 Å². The predicted molar refractivity (Wildman–Crippen MR) is 99.1 cm³/mol. The van der Waals surface area contributed by atoms with E-state index in [2.05, 4.69) is 10.6 Å². The van der Waals surface area contributed by atoms with Crippen LogP contribution in [0.5, 0.6) is 11.5 Å². The Labute approximate surface area is 157 Å². The maximum absolute atomic E-state index is 13.2. The first-order valence-corrected chi connectivity index (χ1v) is 8.76. The van der Waals surface area contributed by atoms with Crippen LogP contribution in [0.2, 0.25) is 0 Å². The van der Waals surface area contributed by atoms with Crippen LogP contribution in [-0.4, -0.2) is 30.4 Å². The number of benzene rings is 2. The van der Waals surface area contributed by atoms with Gasteiger partial charge in [-0.05, 0) is 42.2 Å². The maximum atomic E-state index is 13.2. The smallest absolute Gasteiger partial charge is 0.241 e. The molecule has 1 aliphatic rings. The van der Waals surface area contributed by atoms with Gasteiger partial charge in [-0.15, -0.1) is 0 Å².